The Morgan fingerprint density at radius 3 is 2.62 bits per heavy atom. The Morgan fingerprint density at radius 2 is 1.90 bits per heavy atom. The molecule has 0 fully saturated rings. The van der Waals surface area contributed by atoms with Crippen molar-refractivity contribution in [2.75, 3.05) is 5.32 Å². The van der Waals surface area contributed by atoms with Crippen LogP contribution in [0.3, 0.4) is 0 Å². The van der Waals surface area contributed by atoms with E-state index in [-0.39, 0.29) is 16.3 Å². The number of carbonyl (C=O) groups is 2. The summed E-state index contributed by atoms with van der Waals surface area (Å²) in [5.41, 5.74) is 0.475. The predicted octanol–water partition coefficient (Wildman–Crippen LogP) is 5.21. The van der Waals surface area contributed by atoms with Gasteiger partial charge in [0.25, 0.3) is 5.91 Å². The van der Waals surface area contributed by atoms with E-state index in [2.05, 4.69) is 10.3 Å². The first-order valence-corrected chi connectivity index (χ1v) is 9.78. The molecule has 29 heavy (non-hydrogen) atoms. The van der Waals surface area contributed by atoms with Gasteiger partial charge in [-0.25, -0.2) is 14.2 Å². The first-order valence-electron chi connectivity index (χ1n) is 8.59. The van der Waals surface area contributed by atoms with Crippen molar-refractivity contribution in [3.05, 3.63) is 83.3 Å². The second kappa shape index (κ2) is 9.54. The van der Waals surface area contributed by atoms with Crippen LogP contribution in [0.5, 0.6) is 0 Å². The fraction of sp³-hybridized carbons (Fsp3) is 0.0952. The van der Waals surface area contributed by atoms with E-state index in [0.29, 0.717) is 5.03 Å². The fourth-order valence-corrected chi connectivity index (χ4v) is 3.44. The number of hydrogen-bond acceptors (Lipinski definition) is 5. The third-order valence-corrected chi connectivity index (χ3v) is 5.13. The highest BCUT2D eigenvalue weighted by Crippen LogP contribution is 2.29. The van der Waals surface area contributed by atoms with Gasteiger partial charge in [-0.3, -0.25) is 4.79 Å². The lowest BCUT2D eigenvalue weighted by atomic mass is 10.2. The van der Waals surface area contributed by atoms with Crippen LogP contribution in [-0.4, -0.2) is 23.0 Å². The Bertz CT molecular complexity index is 1030. The van der Waals surface area contributed by atoms with Crippen LogP contribution in [0.15, 0.2) is 76.8 Å². The summed E-state index contributed by atoms with van der Waals surface area (Å²) in [6.07, 6.45) is 0.479. The molecule has 0 saturated heterocycles. The second-order valence-electron chi connectivity index (χ2n) is 5.93. The quantitative estimate of drug-likeness (QED) is 0.544. The molecule has 0 saturated carbocycles. The summed E-state index contributed by atoms with van der Waals surface area (Å²) in [6, 6.07) is 16.2. The number of nitrogens with zero attached hydrogens (tertiary/aromatic N) is 1. The van der Waals surface area contributed by atoms with E-state index in [9.17, 15) is 14.0 Å². The summed E-state index contributed by atoms with van der Waals surface area (Å²) in [5.74, 6) is -1.79. The number of nitrogens with one attached hydrogen (secondary N) is 1. The molecular formula is C21H16ClFN2O3S. The molecule has 0 radical (unpaired) electrons. The number of pyridine rings is 1. The zero-order chi connectivity index (χ0) is 20.8. The lowest BCUT2D eigenvalue weighted by Gasteiger charge is -2.15. The van der Waals surface area contributed by atoms with Gasteiger partial charge in [-0.15, -0.1) is 0 Å². The lowest BCUT2D eigenvalue weighted by Crippen LogP contribution is -2.30. The number of anilines is 1. The fourth-order valence-electron chi connectivity index (χ4n) is 2.33. The third-order valence-electron chi connectivity index (χ3n) is 3.79. The number of aromatic nitrogens is 1. The van der Waals surface area contributed by atoms with Crippen molar-refractivity contribution in [3.8, 4) is 0 Å². The molecule has 1 amide bonds. The number of amides is 1. The van der Waals surface area contributed by atoms with Crippen molar-refractivity contribution in [3.63, 3.8) is 0 Å². The van der Waals surface area contributed by atoms with Gasteiger partial charge in [0.15, 0.2) is 6.10 Å². The molecule has 0 aliphatic rings. The Labute approximate surface area is 176 Å². The molecule has 0 spiro atoms. The van der Waals surface area contributed by atoms with Gasteiger partial charge in [0.05, 0.1) is 16.3 Å². The number of rotatable bonds is 6. The topological polar surface area (TPSA) is 68.3 Å². The molecule has 2 aromatic carbocycles. The Kier molecular flexibility index (Phi) is 6.85. The maximum atomic E-state index is 13.1. The Morgan fingerprint density at radius 1 is 1.14 bits per heavy atom. The largest absolute Gasteiger partial charge is 0.449 e. The highest BCUT2D eigenvalue weighted by molar-refractivity contribution is 7.99. The van der Waals surface area contributed by atoms with Crippen LogP contribution in [0.25, 0.3) is 0 Å². The standard InChI is InChI=1S/C21H16ClFN2O3S/c1-13(19(26)25-18-10-9-14(23)12-17(18)22)28-21(27)16-8-5-11-24-20(16)29-15-6-3-2-4-7-15/h2-13H,1H3,(H,25,26). The van der Waals surface area contributed by atoms with E-state index in [1.807, 2.05) is 30.3 Å². The summed E-state index contributed by atoms with van der Waals surface area (Å²) in [4.78, 5) is 30.1. The molecule has 1 atom stereocenters. The van der Waals surface area contributed by atoms with Gasteiger partial charge in [-0.1, -0.05) is 41.6 Å². The Balaban J connectivity index is 1.69. The summed E-state index contributed by atoms with van der Waals surface area (Å²) < 4.78 is 18.4. The number of hydrogen-bond donors (Lipinski definition) is 1. The van der Waals surface area contributed by atoms with Gasteiger partial charge in [0, 0.05) is 11.1 Å². The molecule has 8 heteroatoms. The average Bonchev–Trinajstić information content (AvgIpc) is 2.71. The summed E-state index contributed by atoms with van der Waals surface area (Å²) in [7, 11) is 0. The molecule has 3 rings (SSSR count). The molecule has 5 nitrogen and oxygen atoms in total. The first-order chi connectivity index (χ1) is 13.9. The normalized spacial score (nSPS) is 11.6. The number of carbonyl (C=O) groups excluding carboxylic acids is 2. The SMILES string of the molecule is CC(OC(=O)c1cccnc1Sc1ccccc1)C(=O)Nc1ccc(F)cc1Cl. The van der Waals surface area contributed by atoms with Crippen LogP contribution in [0.2, 0.25) is 5.02 Å². The maximum absolute atomic E-state index is 13.1. The van der Waals surface area contributed by atoms with Crippen molar-refractivity contribution in [2.45, 2.75) is 22.9 Å². The molecule has 3 aromatic rings. The van der Waals surface area contributed by atoms with Crippen molar-refractivity contribution in [1.29, 1.82) is 0 Å². The minimum atomic E-state index is -1.10. The molecule has 1 unspecified atom stereocenters. The smallest absolute Gasteiger partial charge is 0.341 e. The van der Waals surface area contributed by atoms with Crippen molar-refractivity contribution in [1.82, 2.24) is 4.98 Å². The molecule has 1 N–H and O–H groups in total. The maximum Gasteiger partial charge on any atom is 0.341 e. The highest BCUT2D eigenvalue weighted by atomic mass is 35.5. The monoisotopic (exact) mass is 430 g/mol. The van der Waals surface area contributed by atoms with Crippen LogP contribution >= 0.6 is 23.4 Å². The van der Waals surface area contributed by atoms with Gasteiger partial charge < -0.3 is 10.1 Å². The molecule has 1 heterocycles. The summed E-state index contributed by atoms with van der Waals surface area (Å²) >= 11 is 7.22. The third kappa shape index (κ3) is 5.56. The number of esters is 1. The average molecular weight is 431 g/mol. The van der Waals surface area contributed by atoms with Crippen molar-refractivity contribution < 1.29 is 18.7 Å². The molecule has 0 bridgehead atoms. The lowest BCUT2D eigenvalue weighted by molar-refractivity contribution is -0.123. The van der Waals surface area contributed by atoms with E-state index >= 15 is 0 Å². The molecular weight excluding hydrogens is 415 g/mol. The molecule has 148 valence electrons. The van der Waals surface area contributed by atoms with Gasteiger partial charge in [-0.2, -0.15) is 0 Å². The number of benzene rings is 2. The van der Waals surface area contributed by atoms with E-state index in [4.69, 9.17) is 16.3 Å². The van der Waals surface area contributed by atoms with Crippen molar-refractivity contribution >= 4 is 40.9 Å². The molecule has 0 aliphatic heterocycles. The summed E-state index contributed by atoms with van der Waals surface area (Å²) in [5, 5.41) is 3.03. The second-order valence-corrected chi connectivity index (χ2v) is 7.40. The minimum Gasteiger partial charge on any atom is -0.449 e. The van der Waals surface area contributed by atoms with E-state index < -0.39 is 23.8 Å². The predicted molar refractivity (Wildman–Crippen MR) is 110 cm³/mol. The van der Waals surface area contributed by atoms with E-state index in [1.165, 1.54) is 30.8 Å². The van der Waals surface area contributed by atoms with Gasteiger partial charge in [0.2, 0.25) is 0 Å². The van der Waals surface area contributed by atoms with Gasteiger partial charge >= 0.3 is 5.97 Å². The van der Waals surface area contributed by atoms with E-state index in [0.717, 1.165) is 11.0 Å². The molecule has 0 aliphatic carbocycles. The van der Waals surface area contributed by atoms with Crippen LogP contribution in [-0.2, 0) is 9.53 Å². The van der Waals surface area contributed by atoms with Crippen LogP contribution < -0.4 is 5.32 Å². The number of ether oxygens (including phenoxy) is 1. The summed E-state index contributed by atoms with van der Waals surface area (Å²) in [6.45, 7) is 1.44. The Hall–Kier alpha value is -2.90. The van der Waals surface area contributed by atoms with Crippen molar-refractivity contribution in [2.24, 2.45) is 0 Å². The minimum absolute atomic E-state index is 0.0469. The molecule has 1 aromatic heterocycles. The van der Waals surface area contributed by atoms with Crippen LogP contribution in [0.1, 0.15) is 17.3 Å². The zero-order valence-corrected chi connectivity index (χ0v) is 16.8. The number of halogens is 2. The highest BCUT2D eigenvalue weighted by Gasteiger charge is 2.22. The first kappa shape index (κ1) is 20.8. The zero-order valence-electron chi connectivity index (χ0n) is 15.3. The van der Waals surface area contributed by atoms with E-state index in [1.54, 1.807) is 18.3 Å². The van der Waals surface area contributed by atoms with Gasteiger partial charge in [0.1, 0.15) is 10.8 Å². The van der Waals surface area contributed by atoms with Crippen LogP contribution in [0, 0.1) is 5.82 Å². The van der Waals surface area contributed by atoms with Gasteiger partial charge in [-0.05, 0) is 49.4 Å². The van der Waals surface area contributed by atoms with Crippen LogP contribution in [0.4, 0.5) is 10.1 Å².